The predicted molar refractivity (Wildman–Crippen MR) is 149 cm³/mol. The Morgan fingerprint density at radius 2 is 1.47 bits per heavy atom. The van der Waals surface area contributed by atoms with Crippen molar-refractivity contribution in [3.05, 3.63) is 108 Å². The first-order valence-corrected chi connectivity index (χ1v) is 12.8. The van der Waals surface area contributed by atoms with Gasteiger partial charge in [-0.15, -0.1) is 0 Å². The first kappa shape index (κ1) is 23.9. The molecule has 3 aromatic carbocycles. The summed E-state index contributed by atoms with van der Waals surface area (Å²) in [6.45, 7) is 3.85. The van der Waals surface area contributed by atoms with Crippen molar-refractivity contribution in [2.75, 3.05) is 43.0 Å². The van der Waals surface area contributed by atoms with E-state index in [1.807, 2.05) is 60.7 Å². The number of rotatable bonds is 4. The van der Waals surface area contributed by atoms with Crippen molar-refractivity contribution in [1.29, 1.82) is 0 Å². The average Bonchev–Trinajstić information content (AvgIpc) is 3.23. The largest absolute Gasteiger partial charge is 0.507 e. The Hall–Kier alpha value is -4.49. The SMILES string of the molecule is CN1CCN(c2ccc(N3C(=O)C(=O)/C(=C(\O)c4cccc5ccccc45)C3c3ccncc3)cc2)CC1. The van der Waals surface area contributed by atoms with Gasteiger partial charge in [0.05, 0.1) is 11.6 Å². The Balaban J connectivity index is 1.46. The minimum absolute atomic E-state index is 0.0701. The van der Waals surface area contributed by atoms with E-state index in [9.17, 15) is 14.7 Å². The number of nitrogens with zero attached hydrogens (tertiary/aromatic N) is 4. The van der Waals surface area contributed by atoms with Crippen LogP contribution in [0.5, 0.6) is 0 Å². The van der Waals surface area contributed by atoms with E-state index in [1.54, 1.807) is 30.6 Å². The lowest BCUT2D eigenvalue weighted by Gasteiger charge is -2.34. The van der Waals surface area contributed by atoms with Crippen LogP contribution in [0.1, 0.15) is 17.2 Å². The molecule has 1 unspecified atom stereocenters. The summed E-state index contributed by atoms with van der Waals surface area (Å²) in [7, 11) is 2.12. The molecule has 1 amide bonds. The van der Waals surface area contributed by atoms with Gasteiger partial charge in [0.1, 0.15) is 5.76 Å². The number of hydrogen-bond acceptors (Lipinski definition) is 6. The summed E-state index contributed by atoms with van der Waals surface area (Å²) in [5.74, 6) is -1.56. The van der Waals surface area contributed by atoms with E-state index in [2.05, 4.69) is 21.8 Å². The Morgan fingerprint density at radius 3 is 2.21 bits per heavy atom. The average molecular weight is 505 g/mol. The zero-order chi connectivity index (χ0) is 26.2. The van der Waals surface area contributed by atoms with Crippen LogP contribution < -0.4 is 9.80 Å². The van der Waals surface area contributed by atoms with E-state index in [4.69, 9.17) is 0 Å². The molecule has 38 heavy (non-hydrogen) atoms. The second-order valence-corrected chi connectivity index (χ2v) is 9.78. The van der Waals surface area contributed by atoms with Gasteiger partial charge in [0.2, 0.25) is 0 Å². The van der Waals surface area contributed by atoms with Crippen molar-refractivity contribution < 1.29 is 14.7 Å². The molecule has 7 nitrogen and oxygen atoms in total. The molecule has 1 atom stereocenters. The van der Waals surface area contributed by atoms with Crippen molar-refractivity contribution in [1.82, 2.24) is 9.88 Å². The van der Waals surface area contributed by atoms with E-state index in [-0.39, 0.29) is 11.3 Å². The molecule has 0 radical (unpaired) electrons. The van der Waals surface area contributed by atoms with Crippen LogP contribution in [0.25, 0.3) is 16.5 Å². The fourth-order valence-electron chi connectivity index (χ4n) is 5.43. The van der Waals surface area contributed by atoms with Crippen molar-refractivity contribution in [3.8, 4) is 0 Å². The second kappa shape index (κ2) is 9.76. The fraction of sp³-hybridized carbons (Fsp3) is 0.194. The molecule has 3 heterocycles. The summed E-state index contributed by atoms with van der Waals surface area (Å²) in [5.41, 5.74) is 2.97. The number of aromatic nitrogens is 1. The number of aliphatic hydroxyl groups is 1. The highest BCUT2D eigenvalue weighted by Crippen LogP contribution is 2.43. The minimum atomic E-state index is -0.786. The molecule has 4 aromatic rings. The minimum Gasteiger partial charge on any atom is -0.507 e. The van der Waals surface area contributed by atoms with Crippen LogP contribution in [0.3, 0.4) is 0 Å². The van der Waals surface area contributed by atoms with Gasteiger partial charge < -0.3 is 14.9 Å². The maximum atomic E-state index is 13.5. The van der Waals surface area contributed by atoms with Gasteiger partial charge in [-0.3, -0.25) is 19.5 Å². The van der Waals surface area contributed by atoms with Crippen LogP contribution in [-0.2, 0) is 9.59 Å². The second-order valence-electron chi connectivity index (χ2n) is 9.78. The number of hydrogen-bond donors (Lipinski definition) is 1. The summed E-state index contributed by atoms with van der Waals surface area (Å²) >= 11 is 0. The number of Topliss-reactive ketones (excluding diaryl/α,β-unsaturated/α-hetero) is 1. The van der Waals surface area contributed by atoms with Crippen LogP contribution in [0.2, 0.25) is 0 Å². The third-order valence-electron chi connectivity index (χ3n) is 7.51. The summed E-state index contributed by atoms with van der Waals surface area (Å²) in [6, 6.07) is 23.7. The van der Waals surface area contributed by atoms with Crippen LogP contribution >= 0.6 is 0 Å². The molecule has 2 aliphatic heterocycles. The van der Waals surface area contributed by atoms with Crippen molar-refractivity contribution in [2.24, 2.45) is 0 Å². The quantitative estimate of drug-likeness (QED) is 0.248. The highest BCUT2D eigenvalue weighted by Gasteiger charge is 2.47. The summed E-state index contributed by atoms with van der Waals surface area (Å²) in [4.78, 5) is 37.3. The molecule has 6 rings (SSSR count). The van der Waals surface area contributed by atoms with Gasteiger partial charge in [-0.1, -0.05) is 42.5 Å². The lowest BCUT2D eigenvalue weighted by molar-refractivity contribution is -0.132. The Kier molecular flexibility index (Phi) is 6.13. The molecule has 190 valence electrons. The van der Waals surface area contributed by atoms with Crippen LogP contribution in [0.15, 0.2) is 96.8 Å². The van der Waals surface area contributed by atoms with Gasteiger partial charge in [0.15, 0.2) is 0 Å². The number of piperazine rings is 1. The van der Waals surface area contributed by atoms with Gasteiger partial charge in [0.25, 0.3) is 11.7 Å². The Bertz CT molecular complexity index is 1540. The Morgan fingerprint density at radius 1 is 0.816 bits per heavy atom. The molecule has 0 aliphatic carbocycles. The molecular weight excluding hydrogens is 476 g/mol. The molecule has 2 aliphatic rings. The molecule has 1 aromatic heterocycles. The molecule has 0 bridgehead atoms. The molecule has 1 N–H and O–H groups in total. The Labute approximate surface area is 221 Å². The summed E-state index contributed by atoms with van der Waals surface area (Å²) < 4.78 is 0. The standard InChI is InChI=1S/C31H28N4O3/c1-33-17-19-34(20-18-33)23-9-11-24(12-10-23)35-28(22-13-15-32-16-14-22)27(30(37)31(35)38)29(36)26-8-4-6-21-5-2-3-7-25(21)26/h2-16,28,36H,17-20H2,1H3/b29-27-. The number of ketones is 1. The number of carbonyl (C=O) groups excluding carboxylic acids is 2. The summed E-state index contributed by atoms with van der Waals surface area (Å²) in [5, 5.41) is 13.3. The van der Waals surface area contributed by atoms with E-state index in [0.29, 0.717) is 16.8 Å². The van der Waals surface area contributed by atoms with Gasteiger partial charge in [0, 0.05) is 55.5 Å². The van der Waals surface area contributed by atoms with Gasteiger partial charge in [-0.25, -0.2) is 0 Å². The van der Waals surface area contributed by atoms with Crippen LogP contribution in [0, 0.1) is 0 Å². The van der Waals surface area contributed by atoms with Gasteiger partial charge in [-0.05, 0) is 59.8 Å². The maximum absolute atomic E-state index is 13.5. The molecule has 0 spiro atoms. The van der Waals surface area contributed by atoms with E-state index in [0.717, 1.165) is 42.6 Å². The zero-order valence-electron chi connectivity index (χ0n) is 21.1. The smallest absolute Gasteiger partial charge is 0.300 e. The highest BCUT2D eigenvalue weighted by molar-refractivity contribution is 6.51. The van der Waals surface area contributed by atoms with E-state index < -0.39 is 17.7 Å². The lowest BCUT2D eigenvalue weighted by atomic mass is 9.93. The first-order chi connectivity index (χ1) is 18.5. The van der Waals surface area contributed by atoms with Gasteiger partial charge in [-0.2, -0.15) is 0 Å². The number of benzene rings is 3. The lowest BCUT2D eigenvalue weighted by Crippen LogP contribution is -2.44. The maximum Gasteiger partial charge on any atom is 0.300 e. The topological polar surface area (TPSA) is 77.0 Å². The third kappa shape index (κ3) is 4.11. The highest BCUT2D eigenvalue weighted by atomic mass is 16.3. The molecule has 2 saturated heterocycles. The number of pyridine rings is 1. The number of aliphatic hydroxyl groups excluding tert-OH is 1. The van der Waals surface area contributed by atoms with E-state index in [1.165, 1.54) is 4.90 Å². The van der Waals surface area contributed by atoms with Crippen LogP contribution in [-0.4, -0.2) is 59.9 Å². The van der Waals surface area contributed by atoms with Crippen molar-refractivity contribution >= 4 is 39.6 Å². The van der Waals surface area contributed by atoms with Crippen molar-refractivity contribution in [3.63, 3.8) is 0 Å². The number of likely N-dealkylation sites (N-methyl/N-ethyl adjacent to an activating group) is 1. The monoisotopic (exact) mass is 504 g/mol. The summed E-state index contributed by atoms with van der Waals surface area (Å²) in [6.07, 6.45) is 3.26. The normalized spacial score (nSPS) is 19.9. The molecule has 0 saturated carbocycles. The van der Waals surface area contributed by atoms with E-state index >= 15 is 0 Å². The predicted octanol–water partition coefficient (Wildman–Crippen LogP) is 4.61. The molecule has 7 heteroatoms. The number of anilines is 2. The first-order valence-electron chi connectivity index (χ1n) is 12.8. The van der Waals surface area contributed by atoms with Gasteiger partial charge >= 0.3 is 0 Å². The molecular formula is C31H28N4O3. The third-order valence-corrected chi connectivity index (χ3v) is 7.51. The number of carbonyl (C=O) groups is 2. The number of fused-ring (bicyclic) bond motifs is 1. The zero-order valence-corrected chi connectivity index (χ0v) is 21.1. The molecule has 2 fully saturated rings. The van der Waals surface area contributed by atoms with Crippen LogP contribution in [0.4, 0.5) is 11.4 Å². The number of amides is 1. The fourth-order valence-corrected chi connectivity index (χ4v) is 5.43. The van der Waals surface area contributed by atoms with Crippen molar-refractivity contribution in [2.45, 2.75) is 6.04 Å².